The maximum absolute atomic E-state index is 12.2. The predicted molar refractivity (Wildman–Crippen MR) is 119 cm³/mol. The molecule has 0 atom stereocenters. The van der Waals surface area contributed by atoms with Crippen LogP contribution in [-0.2, 0) is 29.6 Å². The van der Waals surface area contributed by atoms with Gasteiger partial charge in [-0.25, -0.2) is 21.6 Å². The molecule has 0 aromatic heterocycles. The average Bonchev–Trinajstić information content (AvgIpc) is 2.70. The van der Waals surface area contributed by atoms with Crippen LogP contribution in [0, 0.1) is 6.92 Å². The lowest BCUT2D eigenvalue weighted by molar-refractivity contribution is -0.123. The van der Waals surface area contributed by atoms with Crippen molar-refractivity contribution in [2.45, 2.75) is 11.8 Å². The lowest BCUT2D eigenvalue weighted by atomic mass is 10.2. The first-order valence-corrected chi connectivity index (χ1v) is 12.6. The first-order chi connectivity index (χ1) is 14.9. The lowest BCUT2D eigenvalue weighted by Crippen LogP contribution is -2.40. The number of hydrogen-bond acceptors (Lipinski definition) is 7. The monoisotopic (exact) mass is 484 g/mol. The normalized spacial score (nSPS) is 11.5. The molecular formula is C19H24N4O7S2. The third kappa shape index (κ3) is 7.83. The van der Waals surface area contributed by atoms with Gasteiger partial charge in [0.2, 0.25) is 31.9 Å². The summed E-state index contributed by atoms with van der Waals surface area (Å²) in [6.07, 6.45) is 0.973. The van der Waals surface area contributed by atoms with Crippen molar-refractivity contribution in [3.8, 4) is 5.75 Å². The summed E-state index contributed by atoms with van der Waals surface area (Å²) in [6, 6.07) is 10.4. The number of ether oxygens (including phenoxy) is 1. The Labute approximate surface area is 186 Å². The number of hydrogen-bond donors (Lipinski definition) is 4. The van der Waals surface area contributed by atoms with Crippen molar-refractivity contribution < 1.29 is 31.2 Å². The Hall–Kier alpha value is -3.16. The van der Waals surface area contributed by atoms with E-state index in [4.69, 9.17) is 4.74 Å². The Morgan fingerprint density at radius 3 is 2.19 bits per heavy atom. The molecule has 0 aliphatic heterocycles. The second-order valence-electron chi connectivity index (χ2n) is 6.75. The number of methoxy groups -OCH3 is 1. The van der Waals surface area contributed by atoms with E-state index in [1.54, 1.807) is 12.1 Å². The Morgan fingerprint density at radius 2 is 1.59 bits per heavy atom. The maximum atomic E-state index is 12.2. The Morgan fingerprint density at radius 1 is 0.938 bits per heavy atom. The van der Waals surface area contributed by atoms with E-state index in [1.165, 1.54) is 37.4 Å². The van der Waals surface area contributed by atoms with Crippen molar-refractivity contribution >= 4 is 43.2 Å². The molecule has 2 amide bonds. The smallest absolute Gasteiger partial charge is 0.243 e. The van der Waals surface area contributed by atoms with Gasteiger partial charge in [0.25, 0.3) is 0 Å². The first kappa shape index (κ1) is 25.1. The van der Waals surface area contributed by atoms with Gasteiger partial charge in [0, 0.05) is 5.69 Å². The van der Waals surface area contributed by atoms with Crippen LogP contribution in [0.1, 0.15) is 5.56 Å². The number of aryl methyl sites for hydroxylation is 1. The van der Waals surface area contributed by atoms with Gasteiger partial charge in [-0.15, -0.1) is 0 Å². The largest absolute Gasteiger partial charge is 0.495 e. The topological polar surface area (TPSA) is 160 Å². The van der Waals surface area contributed by atoms with Gasteiger partial charge in [-0.05, 0) is 37.3 Å². The number of anilines is 2. The van der Waals surface area contributed by atoms with Gasteiger partial charge in [-0.1, -0.05) is 17.7 Å². The molecule has 4 N–H and O–H groups in total. The van der Waals surface area contributed by atoms with Crippen LogP contribution in [0.3, 0.4) is 0 Å². The van der Waals surface area contributed by atoms with Crippen LogP contribution in [0.4, 0.5) is 11.4 Å². The zero-order valence-corrected chi connectivity index (χ0v) is 19.3. The van der Waals surface area contributed by atoms with E-state index >= 15 is 0 Å². The van der Waals surface area contributed by atoms with Crippen LogP contribution in [0.5, 0.6) is 5.75 Å². The summed E-state index contributed by atoms with van der Waals surface area (Å²) in [7, 11) is -6.07. The highest BCUT2D eigenvalue weighted by Crippen LogP contribution is 2.28. The molecule has 0 aliphatic rings. The third-order valence-electron chi connectivity index (χ3n) is 3.98. The van der Waals surface area contributed by atoms with Crippen molar-refractivity contribution in [2.24, 2.45) is 0 Å². The van der Waals surface area contributed by atoms with Gasteiger partial charge in [0.05, 0.1) is 37.0 Å². The van der Waals surface area contributed by atoms with Gasteiger partial charge >= 0.3 is 0 Å². The minimum atomic E-state index is -3.86. The first-order valence-electron chi connectivity index (χ1n) is 9.18. The van der Waals surface area contributed by atoms with E-state index in [1.807, 2.05) is 6.92 Å². The molecule has 2 rings (SSSR count). The molecule has 174 valence electrons. The molecular weight excluding hydrogens is 460 g/mol. The van der Waals surface area contributed by atoms with Gasteiger partial charge in [-0.2, -0.15) is 0 Å². The number of carbonyl (C=O) groups excluding carboxylic acids is 2. The Balaban J connectivity index is 1.89. The molecule has 0 fully saturated rings. The summed E-state index contributed by atoms with van der Waals surface area (Å²) in [5.41, 5.74) is 1.28. The van der Waals surface area contributed by atoms with Crippen molar-refractivity contribution in [3.63, 3.8) is 0 Å². The van der Waals surface area contributed by atoms with Gasteiger partial charge in [0.15, 0.2) is 0 Å². The summed E-state index contributed by atoms with van der Waals surface area (Å²) >= 11 is 0. The zero-order valence-electron chi connectivity index (χ0n) is 17.6. The highest BCUT2D eigenvalue weighted by Gasteiger charge is 2.16. The Kier molecular flexibility index (Phi) is 8.19. The molecule has 0 spiro atoms. The van der Waals surface area contributed by atoms with E-state index in [0.29, 0.717) is 0 Å². The van der Waals surface area contributed by atoms with Crippen LogP contribution in [-0.4, -0.2) is 55.1 Å². The molecule has 2 aromatic carbocycles. The number of nitrogens with one attached hydrogen (secondary N) is 4. The highest BCUT2D eigenvalue weighted by atomic mass is 32.2. The quantitative estimate of drug-likeness (QED) is 0.380. The van der Waals surface area contributed by atoms with E-state index in [0.717, 1.165) is 11.8 Å². The highest BCUT2D eigenvalue weighted by molar-refractivity contribution is 7.92. The van der Waals surface area contributed by atoms with E-state index in [-0.39, 0.29) is 22.0 Å². The molecule has 0 heterocycles. The van der Waals surface area contributed by atoms with E-state index in [9.17, 15) is 26.4 Å². The van der Waals surface area contributed by atoms with E-state index in [2.05, 4.69) is 20.1 Å². The molecule has 0 bridgehead atoms. The van der Waals surface area contributed by atoms with E-state index < -0.39 is 45.0 Å². The number of carbonyl (C=O) groups is 2. The van der Waals surface area contributed by atoms with Gasteiger partial charge in [0.1, 0.15) is 5.75 Å². The molecule has 13 heteroatoms. The molecule has 0 saturated carbocycles. The Bertz CT molecular complexity index is 1190. The zero-order chi connectivity index (χ0) is 23.9. The fourth-order valence-electron chi connectivity index (χ4n) is 2.47. The summed E-state index contributed by atoms with van der Waals surface area (Å²) in [6.45, 7) is 0.845. The lowest BCUT2D eigenvalue weighted by Gasteiger charge is -2.13. The number of amides is 2. The van der Waals surface area contributed by atoms with Crippen molar-refractivity contribution in [1.29, 1.82) is 0 Å². The molecule has 0 saturated heterocycles. The molecule has 11 nitrogen and oxygen atoms in total. The summed E-state index contributed by atoms with van der Waals surface area (Å²) in [5, 5.41) is 4.79. The van der Waals surface area contributed by atoms with Crippen LogP contribution in [0.2, 0.25) is 0 Å². The van der Waals surface area contributed by atoms with Crippen LogP contribution >= 0.6 is 0 Å². The van der Waals surface area contributed by atoms with Crippen LogP contribution in [0.25, 0.3) is 0 Å². The SMILES string of the molecule is COc1ccc(NC(=O)CNC(=O)CNS(=O)(=O)c2ccc(C)cc2)cc1NS(C)(=O)=O. The summed E-state index contributed by atoms with van der Waals surface area (Å²) in [4.78, 5) is 24.0. The minimum Gasteiger partial charge on any atom is -0.495 e. The van der Waals surface area contributed by atoms with Crippen molar-refractivity contribution in [2.75, 3.05) is 36.5 Å². The second kappa shape index (κ2) is 10.4. The molecule has 0 unspecified atom stereocenters. The number of sulfonamides is 2. The average molecular weight is 485 g/mol. The maximum Gasteiger partial charge on any atom is 0.243 e. The molecule has 0 aliphatic carbocycles. The van der Waals surface area contributed by atoms with Crippen molar-refractivity contribution in [3.05, 3.63) is 48.0 Å². The number of benzene rings is 2. The minimum absolute atomic E-state index is 0.0201. The predicted octanol–water partition coefficient (Wildman–Crippen LogP) is 0.408. The van der Waals surface area contributed by atoms with Crippen LogP contribution in [0.15, 0.2) is 47.4 Å². The van der Waals surface area contributed by atoms with Gasteiger partial charge in [-0.3, -0.25) is 14.3 Å². The van der Waals surface area contributed by atoms with Crippen LogP contribution < -0.4 is 24.8 Å². The molecule has 2 aromatic rings. The fourth-order valence-corrected chi connectivity index (χ4v) is 4.01. The second-order valence-corrected chi connectivity index (χ2v) is 10.3. The summed E-state index contributed by atoms with van der Waals surface area (Å²) in [5.74, 6) is -1.05. The molecule has 32 heavy (non-hydrogen) atoms. The number of rotatable bonds is 10. The van der Waals surface area contributed by atoms with Gasteiger partial charge < -0.3 is 15.4 Å². The fraction of sp³-hybridized carbons (Fsp3) is 0.263. The summed E-state index contributed by atoms with van der Waals surface area (Å²) < 4.78 is 56.8. The van der Waals surface area contributed by atoms with Crippen molar-refractivity contribution in [1.82, 2.24) is 10.0 Å². The molecule has 0 radical (unpaired) electrons. The standard InChI is InChI=1S/C19H24N4O7S2/c1-13-4-7-15(8-5-13)32(28,29)21-12-18(24)20-11-19(25)22-14-6-9-17(30-2)16(10-14)23-31(3,26)27/h4-10,21,23H,11-12H2,1-3H3,(H,20,24)(H,22,25). The third-order valence-corrected chi connectivity index (χ3v) is 5.99.